The van der Waals surface area contributed by atoms with Crippen molar-refractivity contribution in [3.8, 4) is 0 Å². The van der Waals surface area contributed by atoms with Crippen LogP contribution in [0.1, 0.15) is 49.8 Å². The first-order chi connectivity index (χ1) is 8.22. The lowest BCUT2D eigenvalue weighted by Gasteiger charge is -2.23. The fourth-order valence-corrected chi connectivity index (χ4v) is 2.78. The Morgan fingerprint density at radius 2 is 2.12 bits per heavy atom. The first kappa shape index (κ1) is 12.6. The topological polar surface area (TPSA) is 40.5 Å². The SMILES string of the molecule is CCC(O)CC1CCCc2ccccc2C1O. The van der Waals surface area contributed by atoms with E-state index in [9.17, 15) is 10.2 Å². The zero-order valence-corrected chi connectivity index (χ0v) is 10.5. The second-order valence-electron chi connectivity index (χ2n) is 5.09. The monoisotopic (exact) mass is 234 g/mol. The Morgan fingerprint density at radius 3 is 2.88 bits per heavy atom. The normalized spacial score (nSPS) is 26.1. The number of hydrogen-bond acceptors (Lipinski definition) is 2. The minimum absolute atomic E-state index is 0.202. The maximum absolute atomic E-state index is 10.4. The summed E-state index contributed by atoms with van der Waals surface area (Å²) >= 11 is 0. The summed E-state index contributed by atoms with van der Waals surface area (Å²) in [6.45, 7) is 1.99. The predicted octanol–water partition coefficient (Wildman–Crippen LogP) is 2.83. The van der Waals surface area contributed by atoms with Crippen LogP contribution in [0.3, 0.4) is 0 Å². The van der Waals surface area contributed by atoms with Gasteiger partial charge in [0.15, 0.2) is 0 Å². The third-order valence-corrected chi connectivity index (χ3v) is 3.89. The van der Waals surface area contributed by atoms with E-state index in [0.29, 0.717) is 6.42 Å². The number of aryl methyl sites for hydroxylation is 1. The largest absolute Gasteiger partial charge is 0.393 e. The first-order valence-corrected chi connectivity index (χ1v) is 6.66. The van der Waals surface area contributed by atoms with E-state index in [1.807, 2.05) is 25.1 Å². The maximum Gasteiger partial charge on any atom is 0.0821 e. The van der Waals surface area contributed by atoms with Gasteiger partial charge in [0.25, 0.3) is 0 Å². The number of fused-ring (bicyclic) bond motifs is 1. The molecule has 1 aliphatic rings. The van der Waals surface area contributed by atoms with Crippen LogP contribution in [0.4, 0.5) is 0 Å². The van der Waals surface area contributed by atoms with Gasteiger partial charge in [-0.05, 0) is 49.1 Å². The van der Waals surface area contributed by atoms with Crippen LogP contribution in [-0.2, 0) is 6.42 Å². The summed E-state index contributed by atoms with van der Waals surface area (Å²) in [6, 6.07) is 8.15. The molecule has 0 aliphatic heterocycles. The molecular weight excluding hydrogens is 212 g/mol. The van der Waals surface area contributed by atoms with Crippen molar-refractivity contribution >= 4 is 0 Å². The average Bonchev–Trinajstić information content (AvgIpc) is 2.51. The molecule has 1 aliphatic carbocycles. The second kappa shape index (κ2) is 5.65. The quantitative estimate of drug-likeness (QED) is 0.789. The van der Waals surface area contributed by atoms with Crippen LogP contribution in [-0.4, -0.2) is 16.3 Å². The number of rotatable bonds is 3. The van der Waals surface area contributed by atoms with Crippen LogP contribution in [0.25, 0.3) is 0 Å². The van der Waals surface area contributed by atoms with E-state index in [4.69, 9.17) is 0 Å². The lowest BCUT2D eigenvalue weighted by Crippen LogP contribution is -2.18. The summed E-state index contributed by atoms with van der Waals surface area (Å²) in [5, 5.41) is 20.2. The number of aliphatic hydroxyl groups excluding tert-OH is 2. The van der Waals surface area contributed by atoms with E-state index >= 15 is 0 Å². The Balaban J connectivity index is 2.17. The van der Waals surface area contributed by atoms with Crippen LogP contribution in [0, 0.1) is 5.92 Å². The molecule has 0 saturated heterocycles. The highest BCUT2D eigenvalue weighted by Crippen LogP contribution is 2.35. The van der Waals surface area contributed by atoms with E-state index in [1.165, 1.54) is 5.56 Å². The molecule has 1 aromatic rings. The van der Waals surface area contributed by atoms with Gasteiger partial charge in [0.1, 0.15) is 0 Å². The average molecular weight is 234 g/mol. The molecule has 3 atom stereocenters. The van der Waals surface area contributed by atoms with Gasteiger partial charge in [-0.25, -0.2) is 0 Å². The minimum Gasteiger partial charge on any atom is -0.393 e. The van der Waals surface area contributed by atoms with E-state index in [1.54, 1.807) is 0 Å². The Hall–Kier alpha value is -0.860. The molecule has 3 unspecified atom stereocenters. The molecule has 1 aromatic carbocycles. The summed E-state index contributed by atoms with van der Waals surface area (Å²) in [7, 11) is 0. The molecule has 2 heteroatoms. The zero-order valence-electron chi connectivity index (χ0n) is 10.5. The lowest BCUT2D eigenvalue weighted by atomic mass is 9.88. The van der Waals surface area contributed by atoms with Crippen molar-refractivity contribution in [2.45, 2.75) is 51.2 Å². The van der Waals surface area contributed by atoms with Gasteiger partial charge in [0, 0.05) is 0 Å². The Kier molecular flexibility index (Phi) is 4.19. The van der Waals surface area contributed by atoms with E-state index < -0.39 is 6.10 Å². The smallest absolute Gasteiger partial charge is 0.0821 e. The van der Waals surface area contributed by atoms with Crippen LogP contribution in [0.5, 0.6) is 0 Å². The lowest BCUT2D eigenvalue weighted by molar-refractivity contribution is 0.0565. The third-order valence-electron chi connectivity index (χ3n) is 3.89. The molecule has 2 rings (SSSR count). The van der Waals surface area contributed by atoms with Crippen molar-refractivity contribution in [3.05, 3.63) is 35.4 Å². The molecule has 0 amide bonds. The number of aliphatic hydroxyl groups is 2. The predicted molar refractivity (Wildman–Crippen MR) is 68.7 cm³/mol. The van der Waals surface area contributed by atoms with Gasteiger partial charge < -0.3 is 10.2 Å². The molecule has 0 spiro atoms. The summed E-state index contributed by atoms with van der Waals surface area (Å²) < 4.78 is 0. The van der Waals surface area contributed by atoms with Gasteiger partial charge in [-0.1, -0.05) is 31.2 Å². The molecule has 0 heterocycles. The standard InChI is InChI=1S/C15H22O2/c1-2-13(16)10-12-8-5-7-11-6-3-4-9-14(11)15(12)17/h3-4,6,9,12-13,15-17H,2,5,7-8,10H2,1H3. The highest BCUT2D eigenvalue weighted by atomic mass is 16.3. The number of hydrogen-bond donors (Lipinski definition) is 2. The number of benzene rings is 1. The Morgan fingerprint density at radius 1 is 1.35 bits per heavy atom. The van der Waals surface area contributed by atoms with Gasteiger partial charge in [-0.15, -0.1) is 0 Å². The molecule has 94 valence electrons. The molecule has 0 aromatic heterocycles. The summed E-state index contributed by atoms with van der Waals surface area (Å²) in [6.07, 6.45) is 3.96. The van der Waals surface area contributed by atoms with Crippen molar-refractivity contribution in [3.63, 3.8) is 0 Å². The molecule has 2 N–H and O–H groups in total. The molecule has 2 nitrogen and oxygen atoms in total. The summed E-state index contributed by atoms with van der Waals surface area (Å²) in [5.74, 6) is 0.202. The zero-order chi connectivity index (χ0) is 12.3. The van der Waals surface area contributed by atoms with Crippen molar-refractivity contribution in [1.29, 1.82) is 0 Å². The Labute approximate surface area is 103 Å². The van der Waals surface area contributed by atoms with E-state index in [2.05, 4.69) is 6.07 Å². The second-order valence-corrected chi connectivity index (χ2v) is 5.09. The molecule has 0 bridgehead atoms. The van der Waals surface area contributed by atoms with Gasteiger partial charge in [-0.2, -0.15) is 0 Å². The van der Waals surface area contributed by atoms with E-state index in [-0.39, 0.29) is 12.0 Å². The van der Waals surface area contributed by atoms with Crippen LogP contribution in [0.15, 0.2) is 24.3 Å². The fraction of sp³-hybridized carbons (Fsp3) is 0.600. The highest BCUT2D eigenvalue weighted by Gasteiger charge is 2.27. The van der Waals surface area contributed by atoms with Crippen LogP contribution < -0.4 is 0 Å². The third kappa shape index (κ3) is 2.88. The minimum atomic E-state index is -0.408. The van der Waals surface area contributed by atoms with Crippen molar-refractivity contribution in [1.82, 2.24) is 0 Å². The van der Waals surface area contributed by atoms with Crippen LogP contribution >= 0.6 is 0 Å². The fourth-order valence-electron chi connectivity index (χ4n) is 2.78. The molecule has 17 heavy (non-hydrogen) atoms. The van der Waals surface area contributed by atoms with E-state index in [0.717, 1.165) is 31.2 Å². The highest BCUT2D eigenvalue weighted by molar-refractivity contribution is 5.30. The molecule has 0 fully saturated rings. The van der Waals surface area contributed by atoms with Crippen molar-refractivity contribution in [2.75, 3.05) is 0 Å². The van der Waals surface area contributed by atoms with Gasteiger partial charge >= 0.3 is 0 Å². The van der Waals surface area contributed by atoms with Crippen molar-refractivity contribution in [2.24, 2.45) is 5.92 Å². The molecular formula is C15H22O2. The summed E-state index contributed by atoms with van der Waals surface area (Å²) in [4.78, 5) is 0. The van der Waals surface area contributed by atoms with Gasteiger partial charge in [0.05, 0.1) is 12.2 Å². The summed E-state index contributed by atoms with van der Waals surface area (Å²) in [5.41, 5.74) is 2.34. The van der Waals surface area contributed by atoms with Gasteiger partial charge in [0.2, 0.25) is 0 Å². The molecule has 0 saturated carbocycles. The van der Waals surface area contributed by atoms with Crippen LogP contribution in [0.2, 0.25) is 0 Å². The first-order valence-electron chi connectivity index (χ1n) is 6.66. The maximum atomic E-state index is 10.4. The Bertz CT molecular complexity index is 362. The van der Waals surface area contributed by atoms with Gasteiger partial charge in [-0.3, -0.25) is 0 Å². The van der Waals surface area contributed by atoms with Crippen molar-refractivity contribution < 1.29 is 10.2 Å². The molecule has 0 radical (unpaired) electrons.